The van der Waals surface area contributed by atoms with Gasteiger partial charge < -0.3 is 5.11 Å². The van der Waals surface area contributed by atoms with E-state index in [0.29, 0.717) is 19.0 Å². The average Bonchev–Trinajstić information content (AvgIpc) is 2.96. The molecule has 0 spiro atoms. The normalized spacial score (nSPS) is 18.7. The number of nitrogens with one attached hydrogen (secondary N) is 1. The van der Waals surface area contributed by atoms with Gasteiger partial charge in [0.2, 0.25) is 0 Å². The predicted octanol–water partition coefficient (Wildman–Crippen LogP) is 0.0258. The summed E-state index contributed by atoms with van der Waals surface area (Å²) in [7, 11) is -3.67. The maximum atomic E-state index is 11.8. The lowest BCUT2D eigenvalue weighted by Crippen LogP contribution is -2.47. The lowest BCUT2D eigenvalue weighted by atomic mass is 10.4. The number of rotatable bonds is 7. The van der Waals surface area contributed by atoms with E-state index < -0.39 is 22.2 Å². The van der Waals surface area contributed by atoms with Crippen LogP contribution in [0.2, 0.25) is 0 Å². The summed E-state index contributed by atoms with van der Waals surface area (Å²) in [6, 6.07) is -1.10. The summed E-state index contributed by atoms with van der Waals surface area (Å²) in [5, 5.41) is 8.65. The van der Waals surface area contributed by atoms with Crippen LogP contribution in [0.1, 0.15) is 26.7 Å². The van der Waals surface area contributed by atoms with Crippen LogP contribution in [-0.2, 0) is 15.0 Å². The molecular weight excluding hydrogens is 232 g/mol. The Balaban J connectivity index is 2.61. The molecule has 1 saturated carbocycles. The Morgan fingerprint density at radius 1 is 1.56 bits per heavy atom. The van der Waals surface area contributed by atoms with Crippen molar-refractivity contribution in [3.8, 4) is 0 Å². The summed E-state index contributed by atoms with van der Waals surface area (Å²) >= 11 is 0. The molecule has 0 bridgehead atoms. The highest BCUT2D eigenvalue weighted by molar-refractivity contribution is 7.87. The molecule has 16 heavy (non-hydrogen) atoms. The highest BCUT2D eigenvalue weighted by Crippen LogP contribution is 2.30. The third-order valence-corrected chi connectivity index (χ3v) is 4.29. The second kappa shape index (κ2) is 5.11. The van der Waals surface area contributed by atoms with Gasteiger partial charge in [-0.25, -0.2) is 0 Å². The number of nitrogens with zero attached hydrogens (tertiary/aromatic N) is 1. The predicted molar refractivity (Wildman–Crippen MR) is 59.1 cm³/mol. The maximum Gasteiger partial charge on any atom is 0.321 e. The van der Waals surface area contributed by atoms with Crippen molar-refractivity contribution < 1.29 is 18.3 Å². The molecule has 1 aliphatic rings. The van der Waals surface area contributed by atoms with Crippen LogP contribution >= 0.6 is 0 Å². The minimum Gasteiger partial charge on any atom is -0.480 e. The molecule has 0 heterocycles. The Kier molecular flexibility index (Phi) is 4.28. The minimum atomic E-state index is -3.67. The fourth-order valence-corrected chi connectivity index (χ4v) is 2.78. The maximum absolute atomic E-state index is 11.8. The summed E-state index contributed by atoms with van der Waals surface area (Å²) in [6.45, 7) is 3.90. The molecule has 6 nitrogen and oxygen atoms in total. The largest absolute Gasteiger partial charge is 0.480 e. The molecule has 0 saturated heterocycles. The number of aliphatic carboxylic acids is 1. The molecule has 7 heteroatoms. The lowest BCUT2D eigenvalue weighted by molar-refractivity contribution is -0.138. The van der Waals surface area contributed by atoms with E-state index >= 15 is 0 Å². The van der Waals surface area contributed by atoms with Crippen molar-refractivity contribution >= 4 is 16.2 Å². The van der Waals surface area contributed by atoms with Crippen molar-refractivity contribution in [2.75, 3.05) is 13.1 Å². The third kappa shape index (κ3) is 3.73. The van der Waals surface area contributed by atoms with E-state index in [1.54, 1.807) is 6.92 Å². The topological polar surface area (TPSA) is 86.7 Å². The van der Waals surface area contributed by atoms with Crippen LogP contribution in [0, 0.1) is 5.92 Å². The first kappa shape index (κ1) is 13.4. The fourth-order valence-electron chi connectivity index (χ4n) is 1.33. The van der Waals surface area contributed by atoms with Crippen molar-refractivity contribution in [2.45, 2.75) is 32.7 Å². The molecule has 1 atom stereocenters. The van der Waals surface area contributed by atoms with E-state index in [9.17, 15) is 13.2 Å². The quantitative estimate of drug-likeness (QED) is 0.667. The second-order valence-corrected chi connectivity index (χ2v) is 5.78. The van der Waals surface area contributed by atoms with Gasteiger partial charge in [-0.2, -0.15) is 17.4 Å². The first-order valence-electron chi connectivity index (χ1n) is 5.37. The molecule has 2 N–H and O–H groups in total. The molecule has 1 aliphatic carbocycles. The van der Waals surface area contributed by atoms with E-state index in [0.717, 1.165) is 12.8 Å². The highest BCUT2D eigenvalue weighted by Gasteiger charge is 2.31. The van der Waals surface area contributed by atoms with Gasteiger partial charge in [0.15, 0.2) is 0 Å². The number of hydrogen-bond acceptors (Lipinski definition) is 3. The SMILES string of the molecule is CCN(CC1CC1)S(=O)(=O)N[C@@H](C)C(=O)O. The molecule has 94 valence electrons. The summed E-state index contributed by atoms with van der Waals surface area (Å²) in [4.78, 5) is 10.6. The van der Waals surface area contributed by atoms with E-state index in [2.05, 4.69) is 4.72 Å². The number of carboxylic acid groups (broad SMARTS) is 1. The Labute approximate surface area is 95.8 Å². The first-order valence-corrected chi connectivity index (χ1v) is 6.81. The van der Waals surface area contributed by atoms with E-state index in [1.165, 1.54) is 11.2 Å². The van der Waals surface area contributed by atoms with Gasteiger partial charge in [0.05, 0.1) is 0 Å². The van der Waals surface area contributed by atoms with Crippen molar-refractivity contribution in [2.24, 2.45) is 5.92 Å². The minimum absolute atomic E-state index is 0.359. The number of carbonyl (C=O) groups is 1. The van der Waals surface area contributed by atoms with Crippen LogP contribution in [-0.4, -0.2) is 42.9 Å². The zero-order valence-corrected chi connectivity index (χ0v) is 10.3. The average molecular weight is 250 g/mol. The van der Waals surface area contributed by atoms with Gasteiger partial charge in [-0.05, 0) is 25.7 Å². The Morgan fingerprint density at radius 3 is 2.50 bits per heavy atom. The van der Waals surface area contributed by atoms with Crippen molar-refractivity contribution in [3.63, 3.8) is 0 Å². The van der Waals surface area contributed by atoms with Crippen LogP contribution in [0.25, 0.3) is 0 Å². The van der Waals surface area contributed by atoms with Gasteiger partial charge in [0.1, 0.15) is 6.04 Å². The van der Waals surface area contributed by atoms with Crippen molar-refractivity contribution in [3.05, 3.63) is 0 Å². The van der Waals surface area contributed by atoms with Gasteiger partial charge in [-0.1, -0.05) is 6.92 Å². The van der Waals surface area contributed by atoms with Crippen LogP contribution < -0.4 is 4.72 Å². The van der Waals surface area contributed by atoms with Gasteiger partial charge in [0.25, 0.3) is 10.2 Å². The molecular formula is C9H18N2O4S. The standard InChI is InChI=1S/C9H18N2O4S/c1-3-11(6-8-4-5-8)16(14,15)10-7(2)9(12)13/h7-8,10H,3-6H2,1-2H3,(H,12,13)/t7-/m0/s1. The van der Waals surface area contributed by atoms with E-state index in [4.69, 9.17) is 5.11 Å². The molecule has 1 fully saturated rings. The van der Waals surface area contributed by atoms with Crippen LogP contribution in [0.5, 0.6) is 0 Å². The number of carboxylic acids is 1. The molecule has 0 amide bonds. The highest BCUT2D eigenvalue weighted by atomic mass is 32.2. The molecule has 0 radical (unpaired) electrons. The van der Waals surface area contributed by atoms with E-state index in [-0.39, 0.29) is 0 Å². The van der Waals surface area contributed by atoms with Crippen molar-refractivity contribution in [1.29, 1.82) is 0 Å². The fraction of sp³-hybridized carbons (Fsp3) is 0.889. The monoisotopic (exact) mass is 250 g/mol. The Morgan fingerprint density at radius 2 is 2.12 bits per heavy atom. The zero-order valence-electron chi connectivity index (χ0n) is 9.51. The molecule has 0 aliphatic heterocycles. The molecule has 0 unspecified atom stereocenters. The lowest BCUT2D eigenvalue weighted by Gasteiger charge is -2.21. The van der Waals surface area contributed by atoms with Gasteiger partial charge in [0, 0.05) is 13.1 Å². The Hall–Kier alpha value is -0.660. The second-order valence-electron chi connectivity index (χ2n) is 4.08. The molecule has 0 aromatic rings. The zero-order chi connectivity index (χ0) is 12.3. The summed E-state index contributed by atoms with van der Waals surface area (Å²) in [5.41, 5.74) is 0. The first-order chi connectivity index (χ1) is 7.36. The molecule has 0 aromatic heterocycles. The molecule has 1 rings (SSSR count). The third-order valence-electron chi connectivity index (χ3n) is 2.55. The number of hydrogen-bond donors (Lipinski definition) is 2. The van der Waals surface area contributed by atoms with Gasteiger partial charge in [-0.15, -0.1) is 0 Å². The summed E-state index contributed by atoms with van der Waals surface area (Å²) in [5.74, 6) is -0.734. The van der Waals surface area contributed by atoms with Gasteiger partial charge >= 0.3 is 5.97 Å². The van der Waals surface area contributed by atoms with Gasteiger partial charge in [-0.3, -0.25) is 4.79 Å². The van der Waals surface area contributed by atoms with E-state index in [1.807, 2.05) is 0 Å². The summed E-state index contributed by atoms with van der Waals surface area (Å²) < 4.78 is 27.0. The Bertz CT molecular complexity index is 351. The van der Waals surface area contributed by atoms with Crippen LogP contribution in [0.4, 0.5) is 0 Å². The molecule has 0 aromatic carbocycles. The van der Waals surface area contributed by atoms with Crippen LogP contribution in [0.3, 0.4) is 0 Å². The smallest absolute Gasteiger partial charge is 0.321 e. The van der Waals surface area contributed by atoms with Crippen LogP contribution in [0.15, 0.2) is 0 Å². The van der Waals surface area contributed by atoms with Crippen molar-refractivity contribution in [1.82, 2.24) is 9.03 Å². The summed E-state index contributed by atoms with van der Waals surface area (Å²) in [6.07, 6.45) is 2.11.